The molecule has 0 rings (SSSR count). The third kappa shape index (κ3) is 7.83. The lowest BCUT2D eigenvalue weighted by molar-refractivity contribution is 0.448. The van der Waals surface area contributed by atoms with Gasteiger partial charge in [0, 0.05) is 0 Å². The molecule has 1 N–H and O–H groups in total. The molecule has 0 spiro atoms. The van der Waals surface area contributed by atoms with Gasteiger partial charge in [-0.05, 0) is 30.5 Å². The second kappa shape index (κ2) is 6.94. The third-order valence-corrected chi connectivity index (χ3v) is 1.52. The average Bonchev–Trinajstić information content (AvgIpc) is 1.87. The van der Waals surface area contributed by atoms with Crippen LogP contribution in [0.3, 0.4) is 0 Å². The molecule has 0 saturated carbocycles. The molecule has 2 heteroatoms. The Kier molecular flexibility index (Phi) is 6.83. The van der Waals surface area contributed by atoms with E-state index in [4.69, 9.17) is 16.7 Å². The van der Waals surface area contributed by atoms with Gasteiger partial charge in [-0.2, -0.15) is 0 Å². The highest BCUT2D eigenvalue weighted by atomic mass is 35.5. The van der Waals surface area contributed by atoms with Crippen molar-refractivity contribution in [1.82, 2.24) is 0 Å². The molecule has 60 valence electrons. The first-order valence-corrected chi connectivity index (χ1v) is 4.19. The summed E-state index contributed by atoms with van der Waals surface area (Å²) in [4.78, 5) is 0. The van der Waals surface area contributed by atoms with Crippen LogP contribution in [0.25, 0.3) is 0 Å². The van der Waals surface area contributed by atoms with E-state index in [0.717, 1.165) is 12.8 Å². The van der Waals surface area contributed by atoms with Crippen molar-refractivity contribution in [2.45, 2.75) is 39.0 Å². The van der Waals surface area contributed by atoms with E-state index in [2.05, 4.69) is 6.92 Å². The second-order valence-electron chi connectivity index (χ2n) is 2.38. The Hall–Kier alpha value is -0.170. The topological polar surface area (TPSA) is 20.2 Å². The molecule has 0 aliphatic rings. The smallest absolute Gasteiger partial charge is 0.180 e. The maximum Gasteiger partial charge on any atom is 0.180 e. The summed E-state index contributed by atoms with van der Waals surface area (Å²) in [5.41, 5.74) is 0. The molecular weight excluding hydrogens is 148 g/mol. The van der Waals surface area contributed by atoms with Crippen LogP contribution in [0.15, 0.2) is 11.3 Å². The van der Waals surface area contributed by atoms with Gasteiger partial charge in [-0.25, -0.2) is 0 Å². The Morgan fingerprint density at radius 1 is 1.40 bits per heavy atom. The molecule has 0 unspecified atom stereocenters. The normalized spacial score (nSPS) is 12.0. The molecular formula is C8H15ClO. The van der Waals surface area contributed by atoms with E-state index in [1.807, 2.05) is 0 Å². The maximum absolute atomic E-state index is 8.54. The van der Waals surface area contributed by atoms with Gasteiger partial charge in [-0.3, -0.25) is 0 Å². The van der Waals surface area contributed by atoms with Gasteiger partial charge in [-0.1, -0.05) is 26.2 Å². The van der Waals surface area contributed by atoms with Gasteiger partial charge in [0.2, 0.25) is 0 Å². The SMILES string of the molecule is CCCCCCC=C(O)Cl. The van der Waals surface area contributed by atoms with Gasteiger partial charge in [0.15, 0.2) is 5.22 Å². The van der Waals surface area contributed by atoms with Crippen LogP contribution in [0.5, 0.6) is 0 Å². The standard InChI is InChI=1S/C8H15ClO/c1-2-3-4-5-6-7-8(9)10/h7,10H,2-6H2,1H3. The summed E-state index contributed by atoms with van der Waals surface area (Å²) >= 11 is 5.21. The van der Waals surface area contributed by atoms with Crippen LogP contribution in [-0.4, -0.2) is 5.11 Å². The Morgan fingerprint density at radius 3 is 2.60 bits per heavy atom. The van der Waals surface area contributed by atoms with E-state index in [9.17, 15) is 0 Å². The highest BCUT2D eigenvalue weighted by molar-refractivity contribution is 6.27. The Balaban J connectivity index is 2.98. The molecule has 0 fully saturated rings. The number of hydrogen-bond acceptors (Lipinski definition) is 1. The largest absolute Gasteiger partial charge is 0.499 e. The quantitative estimate of drug-likeness (QED) is 0.484. The predicted molar refractivity (Wildman–Crippen MR) is 45.3 cm³/mol. The lowest BCUT2D eigenvalue weighted by atomic mass is 10.1. The summed E-state index contributed by atoms with van der Waals surface area (Å²) in [6, 6.07) is 0. The fourth-order valence-corrected chi connectivity index (χ4v) is 0.901. The number of aliphatic hydroxyl groups excluding tert-OH is 1. The number of allylic oxidation sites excluding steroid dienone is 1. The second-order valence-corrected chi connectivity index (χ2v) is 2.76. The minimum atomic E-state index is -0.0727. The van der Waals surface area contributed by atoms with Gasteiger partial charge < -0.3 is 5.11 Å². The van der Waals surface area contributed by atoms with E-state index in [0.29, 0.717) is 0 Å². The fraction of sp³-hybridized carbons (Fsp3) is 0.750. The zero-order valence-corrected chi connectivity index (χ0v) is 7.19. The Morgan fingerprint density at radius 2 is 2.10 bits per heavy atom. The van der Waals surface area contributed by atoms with Gasteiger partial charge in [0.1, 0.15) is 0 Å². The molecule has 0 aliphatic carbocycles. The molecule has 0 bridgehead atoms. The summed E-state index contributed by atoms with van der Waals surface area (Å²) in [7, 11) is 0. The first-order valence-electron chi connectivity index (χ1n) is 3.82. The number of rotatable bonds is 5. The van der Waals surface area contributed by atoms with Crippen molar-refractivity contribution in [1.29, 1.82) is 0 Å². The fourth-order valence-electron chi connectivity index (χ4n) is 0.792. The Bertz CT molecular complexity index is 95.4. The van der Waals surface area contributed by atoms with E-state index in [-0.39, 0.29) is 5.22 Å². The summed E-state index contributed by atoms with van der Waals surface area (Å²) in [5, 5.41) is 8.46. The first-order chi connectivity index (χ1) is 4.77. The first kappa shape index (κ1) is 9.83. The predicted octanol–water partition coefficient (Wildman–Crippen LogP) is 3.60. The van der Waals surface area contributed by atoms with E-state index < -0.39 is 0 Å². The van der Waals surface area contributed by atoms with Crippen LogP contribution in [0.4, 0.5) is 0 Å². The molecule has 0 aromatic heterocycles. The van der Waals surface area contributed by atoms with Gasteiger partial charge in [0.05, 0.1) is 0 Å². The van der Waals surface area contributed by atoms with Crippen LogP contribution < -0.4 is 0 Å². The van der Waals surface area contributed by atoms with E-state index in [1.165, 1.54) is 19.3 Å². The molecule has 0 aromatic carbocycles. The zero-order valence-electron chi connectivity index (χ0n) is 6.44. The molecule has 1 nitrogen and oxygen atoms in total. The summed E-state index contributed by atoms with van der Waals surface area (Å²) in [5.74, 6) is 0. The van der Waals surface area contributed by atoms with Crippen molar-refractivity contribution in [3.8, 4) is 0 Å². The van der Waals surface area contributed by atoms with Crippen molar-refractivity contribution in [2.24, 2.45) is 0 Å². The number of halogens is 1. The molecule has 0 heterocycles. The number of hydrogen-bond donors (Lipinski definition) is 1. The van der Waals surface area contributed by atoms with Gasteiger partial charge >= 0.3 is 0 Å². The summed E-state index contributed by atoms with van der Waals surface area (Å²) in [6.07, 6.45) is 7.43. The highest BCUT2D eigenvalue weighted by Gasteiger charge is 1.86. The zero-order chi connectivity index (χ0) is 7.82. The molecule has 0 radical (unpaired) electrons. The van der Waals surface area contributed by atoms with E-state index in [1.54, 1.807) is 6.08 Å². The molecule has 0 amide bonds. The number of aliphatic hydroxyl groups is 1. The van der Waals surface area contributed by atoms with Gasteiger partial charge in [-0.15, -0.1) is 0 Å². The number of unbranched alkanes of at least 4 members (excludes halogenated alkanes) is 4. The molecule has 10 heavy (non-hydrogen) atoms. The highest BCUT2D eigenvalue weighted by Crippen LogP contribution is 2.05. The molecule has 0 saturated heterocycles. The lowest BCUT2D eigenvalue weighted by Crippen LogP contribution is -1.74. The van der Waals surface area contributed by atoms with Crippen LogP contribution >= 0.6 is 11.6 Å². The molecule has 0 aromatic rings. The van der Waals surface area contributed by atoms with Crippen LogP contribution in [0.2, 0.25) is 0 Å². The summed E-state index contributed by atoms with van der Waals surface area (Å²) < 4.78 is 0. The lowest BCUT2D eigenvalue weighted by Gasteiger charge is -1.93. The summed E-state index contributed by atoms with van der Waals surface area (Å²) in [6.45, 7) is 2.18. The van der Waals surface area contributed by atoms with Crippen molar-refractivity contribution < 1.29 is 5.11 Å². The third-order valence-electron chi connectivity index (χ3n) is 1.37. The average molecular weight is 163 g/mol. The van der Waals surface area contributed by atoms with E-state index >= 15 is 0 Å². The van der Waals surface area contributed by atoms with Crippen LogP contribution in [-0.2, 0) is 0 Å². The van der Waals surface area contributed by atoms with Gasteiger partial charge in [0.25, 0.3) is 0 Å². The molecule has 0 atom stereocenters. The van der Waals surface area contributed by atoms with Crippen molar-refractivity contribution in [3.63, 3.8) is 0 Å². The molecule has 0 aliphatic heterocycles. The maximum atomic E-state index is 8.54. The minimum absolute atomic E-state index is 0.0727. The van der Waals surface area contributed by atoms with Crippen molar-refractivity contribution >= 4 is 11.6 Å². The van der Waals surface area contributed by atoms with Crippen LogP contribution in [0.1, 0.15) is 39.0 Å². The Labute approximate surface area is 67.7 Å². The van der Waals surface area contributed by atoms with Crippen molar-refractivity contribution in [3.05, 3.63) is 11.3 Å². The minimum Gasteiger partial charge on any atom is -0.499 e. The monoisotopic (exact) mass is 162 g/mol. The van der Waals surface area contributed by atoms with Crippen molar-refractivity contribution in [2.75, 3.05) is 0 Å². The van der Waals surface area contributed by atoms with Crippen LogP contribution in [0, 0.1) is 0 Å².